The highest BCUT2D eigenvalue weighted by molar-refractivity contribution is 7.08. The number of anilines is 1. The first-order chi connectivity index (χ1) is 11.4. The number of hydrogen-bond acceptors (Lipinski definition) is 5. The second kappa shape index (κ2) is 6.18. The SMILES string of the molecule is c1cncc(CCNc2nccn3c(-c4ccsc4)cnc23)c1. The highest BCUT2D eigenvalue weighted by Crippen LogP contribution is 2.25. The van der Waals surface area contributed by atoms with Crippen LogP contribution in [0.2, 0.25) is 0 Å². The van der Waals surface area contributed by atoms with Crippen LogP contribution in [0.25, 0.3) is 16.9 Å². The molecule has 4 rings (SSSR count). The van der Waals surface area contributed by atoms with E-state index in [0.29, 0.717) is 0 Å². The largest absolute Gasteiger partial charge is 0.367 e. The van der Waals surface area contributed by atoms with Crippen molar-refractivity contribution < 1.29 is 0 Å². The number of fused-ring (bicyclic) bond motifs is 1. The quantitative estimate of drug-likeness (QED) is 0.611. The zero-order valence-corrected chi connectivity index (χ0v) is 13.2. The first-order valence-corrected chi connectivity index (χ1v) is 8.33. The van der Waals surface area contributed by atoms with Crippen LogP contribution in [0.5, 0.6) is 0 Å². The fourth-order valence-electron chi connectivity index (χ4n) is 2.54. The lowest BCUT2D eigenvalue weighted by Crippen LogP contribution is -2.08. The molecule has 0 amide bonds. The van der Waals surface area contributed by atoms with Crippen molar-refractivity contribution in [3.8, 4) is 11.3 Å². The first kappa shape index (κ1) is 13.9. The average Bonchev–Trinajstić information content (AvgIpc) is 3.25. The molecular formula is C17H15N5S. The van der Waals surface area contributed by atoms with Gasteiger partial charge in [-0.25, -0.2) is 9.97 Å². The summed E-state index contributed by atoms with van der Waals surface area (Å²) < 4.78 is 2.07. The maximum atomic E-state index is 4.53. The van der Waals surface area contributed by atoms with Crippen LogP contribution in [0.1, 0.15) is 5.56 Å². The maximum Gasteiger partial charge on any atom is 0.180 e. The van der Waals surface area contributed by atoms with E-state index >= 15 is 0 Å². The van der Waals surface area contributed by atoms with Gasteiger partial charge in [-0.15, -0.1) is 0 Å². The molecule has 0 aliphatic heterocycles. The minimum absolute atomic E-state index is 0.791. The zero-order valence-electron chi connectivity index (χ0n) is 12.4. The minimum Gasteiger partial charge on any atom is -0.367 e. The molecule has 4 heterocycles. The monoisotopic (exact) mass is 321 g/mol. The van der Waals surface area contributed by atoms with E-state index in [4.69, 9.17) is 0 Å². The molecule has 114 valence electrons. The number of nitrogens with zero attached hydrogens (tertiary/aromatic N) is 4. The molecule has 1 N–H and O–H groups in total. The van der Waals surface area contributed by atoms with Gasteiger partial charge in [-0.1, -0.05) is 6.07 Å². The number of rotatable bonds is 5. The molecule has 0 saturated heterocycles. The van der Waals surface area contributed by atoms with E-state index < -0.39 is 0 Å². The van der Waals surface area contributed by atoms with Gasteiger partial charge >= 0.3 is 0 Å². The Morgan fingerprint density at radius 2 is 2.13 bits per heavy atom. The van der Waals surface area contributed by atoms with Crippen LogP contribution >= 0.6 is 11.3 Å². The highest BCUT2D eigenvalue weighted by Gasteiger charge is 2.10. The third-order valence-corrected chi connectivity index (χ3v) is 4.36. The molecule has 0 spiro atoms. The van der Waals surface area contributed by atoms with Gasteiger partial charge in [0, 0.05) is 42.3 Å². The third-order valence-electron chi connectivity index (χ3n) is 3.67. The topological polar surface area (TPSA) is 55.1 Å². The summed E-state index contributed by atoms with van der Waals surface area (Å²) in [5.41, 5.74) is 4.31. The van der Waals surface area contributed by atoms with E-state index in [1.165, 1.54) is 11.1 Å². The predicted molar refractivity (Wildman–Crippen MR) is 92.7 cm³/mol. The fourth-order valence-corrected chi connectivity index (χ4v) is 3.19. The van der Waals surface area contributed by atoms with Crippen molar-refractivity contribution in [3.63, 3.8) is 0 Å². The fraction of sp³-hybridized carbons (Fsp3) is 0.118. The molecule has 6 heteroatoms. The van der Waals surface area contributed by atoms with Crippen molar-refractivity contribution in [2.75, 3.05) is 11.9 Å². The van der Waals surface area contributed by atoms with E-state index in [0.717, 1.165) is 30.1 Å². The van der Waals surface area contributed by atoms with E-state index in [9.17, 15) is 0 Å². The number of imidazole rings is 1. The van der Waals surface area contributed by atoms with Crippen molar-refractivity contribution in [3.05, 3.63) is 65.5 Å². The summed E-state index contributed by atoms with van der Waals surface area (Å²) in [6.07, 6.45) is 10.2. The molecule has 23 heavy (non-hydrogen) atoms. The Hall–Kier alpha value is -2.73. The lowest BCUT2D eigenvalue weighted by molar-refractivity contribution is 0.987. The van der Waals surface area contributed by atoms with Gasteiger partial charge in [0.05, 0.1) is 11.9 Å². The minimum atomic E-state index is 0.791. The molecule has 0 fully saturated rings. The number of nitrogens with one attached hydrogen (secondary N) is 1. The Balaban J connectivity index is 1.56. The molecule has 5 nitrogen and oxygen atoms in total. The van der Waals surface area contributed by atoms with Crippen LogP contribution in [0.15, 0.2) is 59.9 Å². The molecule has 0 bridgehead atoms. The summed E-state index contributed by atoms with van der Waals surface area (Å²) in [5, 5.41) is 7.57. The van der Waals surface area contributed by atoms with Crippen molar-refractivity contribution in [1.29, 1.82) is 0 Å². The average molecular weight is 321 g/mol. The first-order valence-electron chi connectivity index (χ1n) is 7.39. The zero-order chi connectivity index (χ0) is 15.5. The number of aromatic nitrogens is 4. The number of hydrogen-bond donors (Lipinski definition) is 1. The van der Waals surface area contributed by atoms with Gasteiger partial charge < -0.3 is 5.32 Å². The molecule has 4 aromatic rings. The van der Waals surface area contributed by atoms with Crippen molar-refractivity contribution >= 4 is 22.8 Å². The summed E-state index contributed by atoms with van der Waals surface area (Å²) in [6, 6.07) is 6.13. The van der Waals surface area contributed by atoms with Gasteiger partial charge in [0.1, 0.15) is 0 Å². The van der Waals surface area contributed by atoms with Crippen molar-refractivity contribution in [2.24, 2.45) is 0 Å². The predicted octanol–water partition coefficient (Wildman–Crippen LogP) is 3.51. The highest BCUT2D eigenvalue weighted by atomic mass is 32.1. The second-order valence-electron chi connectivity index (χ2n) is 5.16. The van der Waals surface area contributed by atoms with Gasteiger partial charge in [0.2, 0.25) is 0 Å². The number of thiophene rings is 1. The van der Waals surface area contributed by atoms with E-state index in [1.807, 2.05) is 24.7 Å². The molecular weight excluding hydrogens is 306 g/mol. The van der Waals surface area contributed by atoms with Gasteiger partial charge in [-0.05, 0) is 29.5 Å². The van der Waals surface area contributed by atoms with Crippen LogP contribution < -0.4 is 5.32 Å². The van der Waals surface area contributed by atoms with Gasteiger partial charge in [-0.3, -0.25) is 9.38 Å². The molecule has 0 saturated carbocycles. The Morgan fingerprint density at radius 1 is 1.13 bits per heavy atom. The molecule has 0 aromatic carbocycles. The second-order valence-corrected chi connectivity index (χ2v) is 5.94. The molecule has 0 unspecified atom stereocenters. The number of pyridine rings is 1. The lowest BCUT2D eigenvalue weighted by Gasteiger charge is -2.07. The van der Waals surface area contributed by atoms with Crippen LogP contribution in [0.4, 0.5) is 5.82 Å². The van der Waals surface area contributed by atoms with Crippen LogP contribution in [0, 0.1) is 0 Å². The van der Waals surface area contributed by atoms with Crippen LogP contribution in [-0.4, -0.2) is 25.9 Å². The van der Waals surface area contributed by atoms with E-state index in [2.05, 4.69) is 47.6 Å². The molecule has 0 atom stereocenters. The Bertz CT molecular complexity index is 899. The third kappa shape index (κ3) is 2.80. The van der Waals surface area contributed by atoms with Gasteiger partial charge in [-0.2, -0.15) is 11.3 Å². The van der Waals surface area contributed by atoms with Crippen molar-refractivity contribution in [2.45, 2.75) is 6.42 Å². The van der Waals surface area contributed by atoms with E-state index in [-0.39, 0.29) is 0 Å². The Labute approximate surface area is 137 Å². The molecule has 0 aliphatic carbocycles. The standard InChI is InChI=1S/C17H15N5S/c1-2-13(10-18-5-1)3-6-19-16-17-21-11-15(14-4-9-23-12-14)22(17)8-7-20-16/h1-2,4-5,7-12H,3,6H2,(H,19,20). The van der Waals surface area contributed by atoms with Crippen LogP contribution in [-0.2, 0) is 6.42 Å². The van der Waals surface area contributed by atoms with E-state index in [1.54, 1.807) is 23.7 Å². The van der Waals surface area contributed by atoms with Crippen LogP contribution in [0.3, 0.4) is 0 Å². The Morgan fingerprint density at radius 3 is 2.96 bits per heavy atom. The molecule has 4 aromatic heterocycles. The summed E-state index contributed by atoms with van der Waals surface area (Å²) in [4.78, 5) is 13.1. The smallest absolute Gasteiger partial charge is 0.180 e. The van der Waals surface area contributed by atoms with Crippen molar-refractivity contribution in [1.82, 2.24) is 19.4 Å². The van der Waals surface area contributed by atoms with Gasteiger partial charge in [0.25, 0.3) is 0 Å². The normalized spacial score (nSPS) is 11.0. The molecule has 0 aliphatic rings. The summed E-state index contributed by atoms with van der Waals surface area (Å²) >= 11 is 1.68. The summed E-state index contributed by atoms with van der Waals surface area (Å²) in [6.45, 7) is 0.791. The summed E-state index contributed by atoms with van der Waals surface area (Å²) in [7, 11) is 0. The van der Waals surface area contributed by atoms with Gasteiger partial charge in [0.15, 0.2) is 11.5 Å². The summed E-state index contributed by atoms with van der Waals surface area (Å²) in [5.74, 6) is 0.804. The lowest BCUT2D eigenvalue weighted by atomic mass is 10.2. The maximum absolute atomic E-state index is 4.53. The Kier molecular flexibility index (Phi) is 3.73. The molecule has 0 radical (unpaired) electrons.